The van der Waals surface area contributed by atoms with Crippen LogP contribution in [0, 0.1) is 5.41 Å². The van der Waals surface area contributed by atoms with Gasteiger partial charge in [0.1, 0.15) is 0 Å². The van der Waals surface area contributed by atoms with Crippen LogP contribution in [-0.4, -0.2) is 10.8 Å². The molecule has 0 saturated heterocycles. The summed E-state index contributed by atoms with van der Waals surface area (Å²) in [6.07, 6.45) is 4.93. The Morgan fingerprint density at radius 1 is 1.78 bits per heavy atom. The summed E-state index contributed by atoms with van der Waals surface area (Å²) in [6, 6.07) is 0. The molecule has 0 radical (unpaired) electrons. The van der Waals surface area contributed by atoms with Crippen LogP contribution < -0.4 is 5.32 Å². The van der Waals surface area contributed by atoms with E-state index in [1.54, 1.807) is 0 Å². The summed E-state index contributed by atoms with van der Waals surface area (Å²) in [5.74, 6) is 0. The van der Waals surface area contributed by atoms with Crippen molar-refractivity contribution >= 4 is 28.9 Å². The summed E-state index contributed by atoms with van der Waals surface area (Å²) in [6.45, 7) is 3.63. The third-order valence-electron chi connectivity index (χ3n) is 0.666. The van der Waals surface area contributed by atoms with Gasteiger partial charge in [0.25, 0.3) is 0 Å². The van der Waals surface area contributed by atoms with Gasteiger partial charge in [0, 0.05) is 10.1 Å². The number of halogens is 1. The van der Waals surface area contributed by atoms with Gasteiger partial charge in [0.2, 0.25) is 0 Å². The van der Waals surface area contributed by atoms with Crippen LogP contribution in [0.4, 0.5) is 0 Å². The highest BCUT2D eigenvalue weighted by molar-refractivity contribution is 14.1. The molecule has 0 aromatic rings. The lowest BCUT2D eigenvalue weighted by Gasteiger charge is -1.93. The van der Waals surface area contributed by atoms with E-state index in [1.807, 2.05) is 12.2 Å². The Balaban J connectivity index is 3.49. The molecule has 50 valence electrons. The molecule has 2 nitrogen and oxygen atoms in total. The molecule has 2 N–H and O–H groups in total. The number of hydrogen-bond acceptors (Lipinski definition) is 1. The van der Waals surface area contributed by atoms with E-state index >= 15 is 0 Å². The minimum absolute atomic E-state index is 0.752. The molecule has 0 heterocycles. The van der Waals surface area contributed by atoms with E-state index in [-0.39, 0.29) is 0 Å². The molecule has 0 aliphatic rings. The minimum atomic E-state index is 0.752. The maximum absolute atomic E-state index is 6.64. The molecule has 0 rings (SSSR count). The van der Waals surface area contributed by atoms with E-state index in [4.69, 9.17) is 5.41 Å². The minimum Gasteiger partial charge on any atom is -0.347 e. The molecule has 0 aromatic carbocycles. The Bertz CT molecular complexity index is 129. The van der Waals surface area contributed by atoms with Crippen molar-refractivity contribution in [3.8, 4) is 0 Å². The number of nitrogens with one attached hydrogen (secondary N) is 2. The summed E-state index contributed by atoms with van der Waals surface area (Å²) < 4.78 is 0.969. The highest BCUT2D eigenvalue weighted by Gasteiger charge is 1.77. The van der Waals surface area contributed by atoms with Gasteiger partial charge in [-0.2, -0.15) is 0 Å². The monoisotopic (exact) mass is 236 g/mol. The first kappa shape index (κ1) is 8.68. The first-order valence-electron chi connectivity index (χ1n) is 2.48. The zero-order valence-electron chi connectivity index (χ0n) is 5.02. The Hall–Kier alpha value is -0.320. The molecule has 0 atom stereocenters. The molecule has 0 amide bonds. The molecule has 3 heteroatoms. The third kappa shape index (κ3) is 5.55. The average molecular weight is 236 g/mol. The van der Waals surface area contributed by atoms with Crippen molar-refractivity contribution in [3.63, 3.8) is 0 Å². The van der Waals surface area contributed by atoms with E-state index in [0.717, 1.165) is 16.5 Å². The Kier molecular flexibility index (Phi) is 5.60. The van der Waals surface area contributed by atoms with Crippen LogP contribution in [0.25, 0.3) is 0 Å². The van der Waals surface area contributed by atoms with E-state index in [1.165, 1.54) is 0 Å². The Labute approximate surface area is 68.7 Å². The molecular weight excluding hydrogens is 227 g/mol. The maximum atomic E-state index is 6.64. The van der Waals surface area contributed by atoms with Crippen molar-refractivity contribution in [3.05, 3.63) is 24.4 Å². The molecule has 0 unspecified atom stereocenters. The number of hydrogen-bond donors (Lipinski definition) is 2. The first-order chi connectivity index (χ1) is 4.31. The second-order valence-corrected chi connectivity index (χ2v) is 2.25. The molecule has 0 aromatic heterocycles. The highest BCUT2D eigenvalue weighted by atomic mass is 127. The number of rotatable bonds is 4. The normalized spacial score (nSPS) is 9.44. The van der Waals surface area contributed by atoms with E-state index in [0.29, 0.717) is 0 Å². The quantitative estimate of drug-likeness (QED) is 0.251. The van der Waals surface area contributed by atoms with Crippen LogP contribution in [0.5, 0.6) is 0 Å². The fourth-order valence-corrected chi connectivity index (χ4v) is 0.582. The molecule has 0 saturated carbocycles. The van der Waals surface area contributed by atoms with Crippen molar-refractivity contribution in [2.75, 3.05) is 4.43 Å². The molecular formula is C6H9IN2. The largest absolute Gasteiger partial charge is 0.347 e. The summed E-state index contributed by atoms with van der Waals surface area (Å²) in [5.41, 5.74) is 0.752. The standard InChI is InChI=1S/C6H9IN2/c1-6(9-5-8)3-2-4-7/h2-3,5H,1,4H2,(H2,8,9)/b3-2-. The lowest BCUT2D eigenvalue weighted by molar-refractivity contribution is 1.20. The van der Waals surface area contributed by atoms with Crippen molar-refractivity contribution in [2.24, 2.45) is 0 Å². The van der Waals surface area contributed by atoms with Gasteiger partial charge in [0.15, 0.2) is 0 Å². The Morgan fingerprint density at radius 2 is 2.44 bits per heavy atom. The summed E-state index contributed by atoms with van der Waals surface area (Å²) in [7, 11) is 0. The molecule has 9 heavy (non-hydrogen) atoms. The van der Waals surface area contributed by atoms with E-state index in [9.17, 15) is 0 Å². The fourth-order valence-electron chi connectivity index (χ4n) is 0.328. The zero-order valence-corrected chi connectivity index (χ0v) is 7.18. The van der Waals surface area contributed by atoms with Gasteiger partial charge in [0.05, 0.1) is 6.34 Å². The van der Waals surface area contributed by atoms with Gasteiger partial charge < -0.3 is 5.32 Å². The lowest BCUT2D eigenvalue weighted by Crippen LogP contribution is -2.05. The van der Waals surface area contributed by atoms with Crippen molar-refractivity contribution in [1.82, 2.24) is 5.32 Å². The maximum Gasteiger partial charge on any atom is 0.0835 e. The van der Waals surface area contributed by atoms with Gasteiger partial charge in [-0.3, -0.25) is 5.41 Å². The summed E-state index contributed by atoms with van der Waals surface area (Å²) in [4.78, 5) is 0. The van der Waals surface area contributed by atoms with Gasteiger partial charge in [-0.1, -0.05) is 35.2 Å². The molecule has 0 spiro atoms. The lowest BCUT2D eigenvalue weighted by atomic mass is 10.4. The van der Waals surface area contributed by atoms with Gasteiger partial charge in [-0.25, -0.2) is 0 Å². The van der Waals surface area contributed by atoms with Crippen LogP contribution in [0.1, 0.15) is 0 Å². The average Bonchev–Trinajstić information content (AvgIpc) is 1.85. The number of alkyl halides is 1. The van der Waals surface area contributed by atoms with Crippen LogP contribution >= 0.6 is 22.6 Å². The fraction of sp³-hybridized carbons (Fsp3) is 0.167. The van der Waals surface area contributed by atoms with Gasteiger partial charge in [-0.05, 0) is 6.08 Å². The predicted molar refractivity (Wildman–Crippen MR) is 49.1 cm³/mol. The zero-order chi connectivity index (χ0) is 7.11. The Morgan fingerprint density at radius 3 is 2.89 bits per heavy atom. The van der Waals surface area contributed by atoms with Crippen molar-refractivity contribution in [2.45, 2.75) is 0 Å². The van der Waals surface area contributed by atoms with Crippen molar-refractivity contribution in [1.29, 1.82) is 5.41 Å². The van der Waals surface area contributed by atoms with E-state index in [2.05, 4.69) is 34.5 Å². The first-order valence-corrected chi connectivity index (χ1v) is 4.00. The third-order valence-corrected chi connectivity index (χ3v) is 1.17. The summed E-state index contributed by atoms with van der Waals surface area (Å²) in [5, 5.41) is 9.27. The van der Waals surface area contributed by atoms with E-state index < -0.39 is 0 Å². The van der Waals surface area contributed by atoms with Crippen molar-refractivity contribution < 1.29 is 0 Å². The van der Waals surface area contributed by atoms with Gasteiger partial charge >= 0.3 is 0 Å². The van der Waals surface area contributed by atoms with Crippen LogP contribution in [0.15, 0.2) is 24.4 Å². The van der Waals surface area contributed by atoms with Crippen LogP contribution in [0.3, 0.4) is 0 Å². The molecule has 0 aliphatic heterocycles. The van der Waals surface area contributed by atoms with Gasteiger partial charge in [-0.15, -0.1) is 0 Å². The molecule has 0 bridgehead atoms. The second kappa shape index (κ2) is 5.81. The topological polar surface area (TPSA) is 35.9 Å². The second-order valence-electron chi connectivity index (χ2n) is 1.37. The summed E-state index contributed by atoms with van der Waals surface area (Å²) >= 11 is 2.24. The SMILES string of the molecule is C=C(/C=C\CI)NC=N. The molecule has 0 aliphatic carbocycles. The van der Waals surface area contributed by atoms with Crippen LogP contribution in [-0.2, 0) is 0 Å². The smallest absolute Gasteiger partial charge is 0.0835 e. The predicted octanol–water partition coefficient (Wildman–Crippen LogP) is 1.69. The number of allylic oxidation sites excluding steroid dienone is 2. The van der Waals surface area contributed by atoms with Crippen LogP contribution in [0.2, 0.25) is 0 Å². The highest BCUT2D eigenvalue weighted by Crippen LogP contribution is 1.88. The molecule has 0 fully saturated rings.